The van der Waals surface area contributed by atoms with Gasteiger partial charge < -0.3 is 5.73 Å². The standard InChI is InChI=1S/C11H17N/c1-9(2)8-11(12)10-6-4-3-5-7-10/h3-7,9,11H,8,12H2,1-2H3/p+1/t11-/m1/s1. The topological polar surface area (TPSA) is 27.6 Å². The van der Waals surface area contributed by atoms with Gasteiger partial charge in [-0.05, 0) is 5.92 Å². The van der Waals surface area contributed by atoms with Crippen LogP contribution >= 0.6 is 0 Å². The highest BCUT2D eigenvalue weighted by Gasteiger charge is 2.10. The first-order valence-corrected chi connectivity index (χ1v) is 4.58. The Morgan fingerprint density at radius 2 is 1.75 bits per heavy atom. The normalized spacial score (nSPS) is 13.3. The van der Waals surface area contributed by atoms with Gasteiger partial charge in [0.2, 0.25) is 0 Å². The van der Waals surface area contributed by atoms with Crippen LogP contribution in [0.2, 0.25) is 0 Å². The molecule has 1 nitrogen and oxygen atoms in total. The summed E-state index contributed by atoms with van der Waals surface area (Å²) in [6.45, 7) is 4.47. The first-order chi connectivity index (χ1) is 5.70. The van der Waals surface area contributed by atoms with Crippen molar-refractivity contribution in [1.82, 2.24) is 0 Å². The molecule has 0 spiro atoms. The minimum absolute atomic E-state index is 0.450. The fourth-order valence-corrected chi connectivity index (χ4v) is 1.43. The third-order valence-corrected chi connectivity index (χ3v) is 2.03. The third-order valence-electron chi connectivity index (χ3n) is 2.03. The number of quaternary nitrogens is 1. The van der Waals surface area contributed by atoms with Crippen LogP contribution in [-0.4, -0.2) is 0 Å². The van der Waals surface area contributed by atoms with Crippen molar-refractivity contribution in [3.05, 3.63) is 35.9 Å². The summed E-state index contributed by atoms with van der Waals surface area (Å²) in [4.78, 5) is 0. The van der Waals surface area contributed by atoms with Gasteiger partial charge in [-0.25, -0.2) is 0 Å². The molecule has 0 radical (unpaired) electrons. The number of hydrogen-bond acceptors (Lipinski definition) is 0. The van der Waals surface area contributed by atoms with E-state index in [4.69, 9.17) is 0 Å². The molecule has 12 heavy (non-hydrogen) atoms. The Hall–Kier alpha value is -0.820. The molecule has 1 atom stereocenters. The molecule has 0 saturated carbocycles. The van der Waals surface area contributed by atoms with Crippen molar-refractivity contribution in [3.8, 4) is 0 Å². The molecule has 3 N–H and O–H groups in total. The van der Waals surface area contributed by atoms with Gasteiger partial charge in [-0.3, -0.25) is 0 Å². The van der Waals surface area contributed by atoms with Crippen molar-refractivity contribution in [2.75, 3.05) is 0 Å². The first-order valence-electron chi connectivity index (χ1n) is 4.58. The maximum Gasteiger partial charge on any atom is 0.110 e. The average Bonchev–Trinajstić information content (AvgIpc) is 2.05. The molecular weight excluding hydrogens is 146 g/mol. The number of benzene rings is 1. The second-order valence-corrected chi connectivity index (χ2v) is 3.74. The molecule has 0 aliphatic carbocycles. The van der Waals surface area contributed by atoms with Gasteiger partial charge in [0.1, 0.15) is 6.04 Å². The van der Waals surface area contributed by atoms with Crippen molar-refractivity contribution in [3.63, 3.8) is 0 Å². The molecule has 0 aliphatic rings. The summed E-state index contributed by atoms with van der Waals surface area (Å²) in [5, 5.41) is 0. The zero-order valence-corrected chi connectivity index (χ0v) is 7.96. The van der Waals surface area contributed by atoms with Crippen molar-refractivity contribution in [2.45, 2.75) is 26.3 Å². The fourth-order valence-electron chi connectivity index (χ4n) is 1.43. The Kier molecular flexibility index (Phi) is 3.30. The molecule has 0 saturated heterocycles. The van der Waals surface area contributed by atoms with E-state index in [9.17, 15) is 0 Å². The summed E-state index contributed by atoms with van der Waals surface area (Å²) >= 11 is 0. The van der Waals surface area contributed by atoms with E-state index >= 15 is 0 Å². The zero-order valence-electron chi connectivity index (χ0n) is 7.96. The predicted molar refractivity (Wildman–Crippen MR) is 51.5 cm³/mol. The molecule has 1 heteroatoms. The second kappa shape index (κ2) is 4.27. The highest BCUT2D eigenvalue weighted by molar-refractivity contribution is 5.16. The molecule has 1 aromatic carbocycles. The SMILES string of the molecule is CC(C)C[C@@H]([NH3+])c1ccccc1. The van der Waals surface area contributed by atoms with E-state index < -0.39 is 0 Å². The van der Waals surface area contributed by atoms with Gasteiger partial charge >= 0.3 is 0 Å². The maximum atomic E-state index is 4.15. The predicted octanol–water partition coefficient (Wildman–Crippen LogP) is 2.02. The van der Waals surface area contributed by atoms with Gasteiger partial charge in [-0.15, -0.1) is 0 Å². The zero-order chi connectivity index (χ0) is 8.97. The van der Waals surface area contributed by atoms with E-state index in [-0.39, 0.29) is 0 Å². The van der Waals surface area contributed by atoms with E-state index in [0.29, 0.717) is 6.04 Å². The molecule has 0 aliphatic heterocycles. The van der Waals surface area contributed by atoms with Crippen LogP contribution in [-0.2, 0) is 0 Å². The molecule has 0 heterocycles. The second-order valence-electron chi connectivity index (χ2n) is 3.74. The van der Waals surface area contributed by atoms with Gasteiger partial charge in [0.15, 0.2) is 0 Å². The van der Waals surface area contributed by atoms with Crippen LogP contribution in [0.4, 0.5) is 0 Å². The van der Waals surface area contributed by atoms with Crippen molar-refractivity contribution < 1.29 is 5.73 Å². The highest BCUT2D eigenvalue weighted by Crippen LogP contribution is 2.15. The van der Waals surface area contributed by atoms with Gasteiger partial charge in [-0.1, -0.05) is 44.2 Å². The van der Waals surface area contributed by atoms with Gasteiger partial charge in [-0.2, -0.15) is 0 Å². The smallest absolute Gasteiger partial charge is 0.110 e. The minimum atomic E-state index is 0.450. The Bertz CT molecular complexity index is 216. The van der Waals surface area contributed by atoms with E-state index in [0.717, 1.165) is 5.92 Å². The van der Waals surface area contributed by atoms with Gasteiger partial charge in [0, 0.05) is 12.0 Å². The third kappa shape index (κ3) is 2.67. The monoisotopic (exact) mass is 164 g/mol. The van der Waals surface area contributed by atoms with Crippen LogP contribution in [0.3, 0.4) is 0 Å². The van der Waals surface area contributed by atoms with Crippen molar-refractivity contribution >= 4 is 0 Å². The Morgan fingerprint density at radius 1 is 1.17 bits per heavy atom. The van der Waals surface area contributed by atoms with Crippen LogP contribution in [0.25, 0.3) is 0 Å². The summed E-state index contributed by atoms with van der Waals surface area (Å²) in [5.41, 5.74) is 5.50. The number of hydrogen-bond donors (Lipinski definition) is 1. The van der Waals surface area contributed by atoms with Crippen molar-refractivity contribution in [2.24, 2.45) is 5.92 Å². The van der Waals surface area contributed by atoms with Crippen molar-refractivity contribution in [1.29, 1.82) is 0 Å². The van der Waals surface area contributed by atoms with E-state index in [1.807, 2.05) is 6.07 Å². The van der Waals surface area contributed by atoms with Crippen LogP contribution in [0.5, 0.6) is 0 Å². The molecule has 1 aromatic rings. The molecule has 66 valence electrons. The highest BCUT2D eigenvalue weighted by atomic mass is 14.6. The van der Waals surface area contributed by atoms with Gasteiger partial charge in [0.05, 0.1) is 0 Å². The minimum Gasteiger partial charge on any atom is -0.351 e. The maximum absolute atomic E-state index is 4.15. The lowest BCUT2D eigenvalue weighted by atomic mass is 9.98. The van der Waals surface area contributed by atoms with Crippen LogP contribution in [0.15, 0.2) is 30.3 Å². The van der Waals surface area contributed by atoms with Crippen LogP contribution < -0.4 is 5.73 Å². The molecule has 0 aromatic heterocycles. The van der Waals surface area contributed by atoms with Crippen LogP contribution in [0, 0.1) is 5.92 Å². The number of rotatable bonds is 3. The quantitative estimate of drug-likeness (QED) is 0.708. The largest absolute Gasteiger partial charge is 0.351 e. The van der Waals surface area contributed by atoms with E-state index in [1.54, 1.807) is 0 Å². The average molecular weight is 164 g/mol. The lowest BCUT2D eigenvalue weighted by molar-refractivity contribution is -0.429. The Balaban J connectivity index is 2.59. The van der Waals surface area contributed by atoms with E-state index in [1.165, 1.54) is 12.0 Å². The Morgan fingerprint density at radius 3 is 2.25 bits per heavy atom. The van der Waals surface area contributed by atoms with E-state index in [2.05, 4.69) is 43.8 Å². The summed E-state index contributed by atoms with van der Waals surface area (Å²) in [6, 6.07) is 11.0. The summed E-state index contributed by atoms with van der Waals surface area (Å²) in [5.74, 6) is 0.729. The summed E-state index contributed by atoms with van der Waals surface area (Å²) < 4.78 is 0. The molecule has 0 unspecified atom stereocenters. The molecule has 0 fully saturated rings. The Labute approximate surface area is 74.6 Å². The lowest BCUT2D eigenvalue weighted by Gasteiger charge is -2.10. The van der Waals surface area contributed by atoms with Gasteiger partial charge in [0.25, 0.3) is 0 Å². The lowest BCUT2D eigenvalue weighted by Crippen LogP contribution is -2.53. The summed E-state index contributed by atoms with van der Waals surface area (Å²) in [7, 11) is 0. The molecular formula is C11H18N+. The summed E-state index contributed by atoms with van der Waals surface area (Å²) in [6.07, 6.45) is 1.17. The van der Waals surface area contributed by atoms with Crippen LogP contribution in [0.1, 0.15) is 31.9 Å². The molecule has 0 amide bonds. The fraction of sp³-hybridized carbons (Fsp3) is 0.455. The first kappa shape index (κ1) is 9.27. The molecule has 1 rings (SSSR count). The molecule has 0 bridgehead atoms.